The van der Waals surface area contributed by atoms with Crippen molar-refractivity contribution in [2.45, 2.75) is 43.9 Å². The zero-order chi connectivity index (χ0) is 14.0. The standard InChI is InChI=1S/C12H19F3N2O2/c13-12(14,15)10-5-9(6-11(19)16-10)17-3-1-8(7-18)2-4-17/h8-10,18H,1-7H2,(H,16,19). The molecule has 0 bridgehead atoms. The number of aliphatic hydroxyl groups is 1. The number of nitrogens with zero attached hydrogens (tertiary/aromatic N) is 1. The lowest BCUT2D eigenvalue weighted by molar-refractivity contribution is -0.171. The molecule has 0 aromatic carbocycles. The van der Waals surface area contributed by atoms with Crippen molar-refractivity contribution in [3.05, 3.63) is 0 Å². The largest absolute Gasteiger partial charge is 0.408 e. The summed E-state index contributed by atoms with van der Waals surface area (Å²) < 4.78 is 38.1. The molecule has 0 aliphatic carbocycles. The molecule has 0 radical (unpaired) electrons. The maximum Gasteiger partial charge on any atom is 0.408 e. The molecular weight excluding hydrogens is 261 g/mol. The van der Waals surface area contributed by atoms with Crippen LogP contribution in [-0.2, 0) is 4.79 Å². The first-order valence-electron chi connectivity index (χ1n) is 6.61. The zero-order valence-corrected chi connectivity index (χ0v) is 10.6. The van der Waals surface area contributed by atoms with E-state index in [1.165, 1.54) is 0 Å². The van der Waals surface area contributed by atoms with Gasteiger partial charge in [0.2, 0.25) is 5.91 Å². The van der Waals surface area contributed by atoms with Crippen LogP contribution in [0.4, 0.5) is 13.2 Å². The lowest BCUT2D eigenvalue weighted by Crippen LogP contribution is -2.56. The number of alkyl halides is 3. The Morgan fingerprint density at radius 1 is 1.32 bits per heavy atom. The molecule has 2 aliphatic rings. The van der Waals surface area contributed by atoms with Crippen molar-refractivity contribution < 1.29 is 23.1 Å². The van der Waals surface area contributed by atoms with Gasteiger partial charge in [-0.3, -0.25) is 9.69 Å². The molecule has 2 heterocycles. The van der Waals surface area contributed by atoms with Crippen LogP contribution < -0.4 is 5.32 Å². The highest BCUT2D eigenvalue weighted by molar-refractivity contribution is 5.78. The van der Waals surface area contributed by atoms with Crippen LogP contribution >= 0.6 is 0 Å². The van der Waals surface area contributed by atoms with E-state index >= 15 is 0 Å². The van der Waals surface area contributed by atoms with E-state index in [0.717, 1.165) is 12.8 Å². The van der Waals surface area contributed by atoms with Gasteiger partial charge in [-0.05, 0) is 38.3 Å². The molecule has 0 saturated carbocycles. The van der Waals surface area contributed by atoms with Crippen LogP contribution in [0.2, 0.25) is 0 Å². The number of nitrogens with one attached hydrogen (secondary N) is 1. The summed E-state index contributed by atoms with van der Waals surface area (Å²) in [5.41, 5.74) is 0. The lowest BCUT2D eigenvalue weighted by atomic mass is 9.92. The van der Waals surface area contributed by atoms with Crippen molar-refractivity contribution in [2.75, 3.05) is 19.7 Å². The van der Waals surface area contributed by atoms with Gasteiger partial charge in [0, 0.05) is 19.1 Å². The first-order valence-corrected chi connectivity index (χ1v) is 6.61. The minimum Gasteiger partial charge on any atom is -0.396 e. The zero-order valence-electron chi connectivity index (χ0n) is 10.6. The third-order valence-corrected chi connectivity index (χ3v) is 4.08. The Morgan fingerprint density at radius 2 is 1.95 bits per heavy atom. The minimum atomic E-state index is -4.38. The Labute approximate surface area is 110 Å². The van der Waals surface area contributed by atoms with Gasteiger partial charge < -0.3 is 10.4 Å². The second-order valence-electron chi connectivity index (χ2n) is 5.42. The summed E-state index contributed by atoms with van der Waals surface area (Å²) in [6.45, 7) is 1.45. The monoisotopic (exact) mass is 280 g/mol. The van der Waals surface area contributed by atoms with Gasteiger partial charge in [-0.15, -0.1) is 0 Å². The molecule has 0 spiro atoms. The van der Waals surface area contributed by atoms with Crippen LogP contribution in [0.15, 0.2) is 0 Å². The van der Waals surface area contributed by atoms with Gasteiger partial charge in [0.25, 0.3) is 0 Å². The van der Waals surface area contributed by atoms with Gasteiger partial charge in [-0.2, -0.15) is 13.2 Å². The van der Waals surface area contributed by atoms with E-state index in [1.54, 1.807) is 0 Å². The summed E-state index contributed by atoms with van der Waals surface area (Å²) >= 11 is 0. The fourth-order valence-electron chi connectivity index (χ4n) is 2.88. The van der Waals surface area contributed by atoms with Crippen molar-refractivity contribution in [1.82, 2.24) is 10.2 Å². The molecule has 4 nitrogen and oxygen atoms in total. The highest BCUT2D eigenvalue weighted by Gasteiger charge is 2.45. The van der Waals surface area contributed by atoms with Crippen LogP contribution in [-0.4, -0.2) is 53.9 Å². The molecule has 19 heavy (non-hydrogen) atoms. The summed E-state index contributed by atoms with van der Waals surface area (Å²) in [6, 6.07) is -2.06. The Bertz CT molecular complexity index is 327. The number of likely N-dealkylation sites (tertiary alicyclic amines) is 1. The fourth-order valence-corrected chi connectivity index (χ4v) is 2.88. The molecule has 2 rings (SSSR count). The van der Waals surface area contributed by atoms with Crippen molar-refractivity contribution in [2.24, 2.45) is 5.92 Å². The van der Waals surface area contributed by atoms with Crippen LogP contribution in [0.5, 0.6) is 0 Å². The predicted molar refractivity (Wildman–Crippen MR) is 62.4 cm³/mol. The van der Waals surface area contributed by atoms with Crippen LogP contribution in [0.25, 0.3) is 0 Å². The molecule has 2 atom stereocenters. The molecule has 2 saturated heterocycles. The SMILES string of the molecule is O=C1CC(N2CCC(CO)CC2)CC(C(F)(F)F)N1. The number of carbonyl (C=O) groups excluding carboxylic acids is 1. The van der Waals surface area contributed by atoms with Gasteiger partial charge in [0.15, 0.2) is 0 Å². The first-order chi connectivity index (χ1) is 8.90. The summed E-state index contributed by atoms with van der Waals surface area (Å²) in [4.78, 5) is 13.4. The van der Waals surface area contributed by atoms with E-state index in [0.29, 0.717) is 13.1 Å². The van der Waals surface area contributed by atoms with E-state index in [4.69, 9.17) is 5.11 Å². The highest BCUT2D eigenvalue weighted by atomic mass is 19.4. The Hall–Kier alpha value is -0.820. The molecule has 2 aliphatic heterocycles. The number of rotatable bonds is 2. The number of aliphatic hydroxyl groups excluding tert-OH is 1. The van der Waals surface area contributed by atoms with Gasteiger partial charge in [0.05, 0.1) is 0 Å². The average Bonchev–Trinajstić information content (AvgIpc) is 2.37. The Kier molecular flexibility index (Phi) is 4.35. The van der Waals surface area contributed by atoms with Crippen LogP contribution in [0.1, 0.15) is 25.7 Å². The van der Waals surface area contributed by atoms with Crippen molar-refractivity contribution >= 4 is 5.91 Å². The summed E-state index contributed by atoms with van der Waals surface area (Å²) in [7, 11) is 0. The van der Waals surface area contributed by atoms with E-state index in [9.17, 15) is 18.0 Å². The molecule has 0 aromatic heterocycles. The molecule has 1 amide bonds. The van der Waals surface area contributed by atoms with Crippen molar-refractivity contribution in [3.8, 4) is 0 Å². The number of amides is 1. The summed E-state index contributed by atoms with van der Waals surface area (Å²) in [5.74, 6) is -0.282. The third-order valence-electron chi connectivity index (χ3n) is 4.08. The predicted octanol–water partition coefficient (Wildman–Crippen LogP) is 0.900. The van der Waals surface area contributed by atoms with E-state index in [1.807, 2.05) is 10.2 Å². The van der Waals surface area contributed by atoms with Crippen molar-refractivity contribution in [1.29, 1.82) is 0 Å². The van der Waals surface area contributed by atoms with Gasteiger partial charge in [-0.25, -0.2) is 0 Å². The second-order valence-corrected chi connectivity index (χ2v) is 5.42. The third kappa shape index (κ3) is 3.60. The average molecular weight is 280 g/mol. The molecule has 0 aromatic rings. The smallest absolute Gasteiger partial charge is 0.396 e. The number of piperidine rings is 2. The lowest BCUT2D eigenvalue weighted by Gasteiger charge is -2.41. The van der Waals surface area contributed by atoms with Crippen molar-refractivity contribution in [3.63, 3.8) is 0 Å². The molecule has 110 valence electrons. The number of hydrogen-bond acceptors (Lipinski definition) is 3. The summed E-state index contributed by atoms with van der Waals surface area (Å²) in [6.07, 6.45) is -2.75. The van der Waals surface area contributed by atoms with Gasteiger partial charge in [0.1, 0.15) is 6.04 Å². The minimum absolute atomic E-state index is 0.0704. The molecular formula is C12H19F3N2O2. The fraction of sp³-hybridized carbons (Fsp3) is 0.917. The second kappa shape index (κ2) is 5.66. The molecule has 2 N–H and O–H groups in total. The Balaban J connectivity index is 1.95. The quantitative estimate of drug-likeness (QED) is 0.790. The van der Waals surface area contributed by atoms with Crippen LogP contribution in [0, 0.1) is 5.92 Å². The maximum atomic E-state index is 12.7. The first kappa shape index (κ1) is 14.6. The number of halogens is 3. The molecule has 2 fully saturated rings. The molecule has 2 unspecified atom stereocenters. The van der Waals surface area contributed by atoms with E-state index in [2.05, 4.69) is 0 Å². The maximum absolute atomic E-state index is 12.7. The van der Waals surface area contributed by atoms with Gasteiger partial charge in [-0.1, -0.05) is 0 Å². The number of hydrogen-bond donors (Lipinski definition) is 2. The van der Waals surface area contributed by atoms with Gasteiger partial charge >= 0.3 is 6.18 Å². The highest BCUT2D eigenvalue weighted by Crippen LogP contribution is 2.30. The Morgan fingerprint density at radius 3 is 2.47 bits per heavy atom. The number of carbonyl (C=O) groups is 1. The summed E-state index contributed by atoms with van der Waals surface area (Å²) in [5, 5.41) is 11.1. The van der Waals surface area contributed by atoms with E-state index < -0.39 is 18.1 Å². The topological polar surface area (TPSA) is 52.6 Å². The molecule has 7 heteroatoms. The van der Waals surface area contributed by atoms with E-state index in [-0.39, 0.29) is 31.4 Å². The van der Waals surface area contributed by atoms with Crippen LogP contribution in [0.3, 0.4) is 0 Å². The normalized spacial score (nSPS) is 31.3.